The van der Waals surface area contributed by atoms with Crippen LogP contribution in [0.5, 0.6) is 0 Å². The fourth-order valence-corrected chi connectivity index (χ4v) is 3.59. The molecule has 0 fully saturated rings. The molecule has 0 amide bonds. The Labute approximate surface area is 73.3 Å². The van der Waals surface area contributed by atoms with Crippen molar-refractivity contribution in [3.63, 3.8) is 0 Å². The van der Waals surface area contributed by atoms with Crippen molar-refractivity contribution in [3.05, 3.63) is 35.9 Å². The fraction of sp³-hybridized carbons (Fsp3) is 0.250. The topological polar surface area (TPSA) is 9.23 Å². The normalized spacial score (nSPS) is 14.3. The lowest BCUT2D eigenvalue weighted by molar-refractivity contribution is 0.644. The summed E-state index contributed by atoms with van der Waals surface area (Å²) in [5.74, 6) is 0. The van der Waals surface area contributed by atoms with Gasteiger partial charge in [0.15, 0.2) is 9.76 Å². The van der Waals surface area contributed by atoms with Crippen LogP contribution in [0.25, 0.3) is 0 Å². The Balaban J connectivity index is 2.61. The van der Waals surface area contributed by atoms with E-state index in [1.165, 1.54) is 5.56 Å². The Morgan fingerprint density at radius 3 is 2.55 bits per heavy atom. The quantitative estimate of drug-likeness (QED) is 0.604. The van der Waals surface area contributed by atoms with Crippen LogP contribution in [0, 0.1) is 0 Å². The summed E-state index contributed by atoms with van der Waals surface area (Å²) in [6.45, 7) is 2.25. The van der Waals surface area contributed by atoms with Crippen molar-refractivity contribution in [2.45, 2.75) is 12.5 Å². The van der Waals surface area contributed by atoms with Crippen LogP contribution in [0.4, 0.5) is 0 Å². The van der Waals surface area contributed by atoms with Crippen LogP contribution in [0.3, 0.4) is 0 Å². The minimum Gasteiger partial charge on any atom is -0.468 e. The van der Waals surface area contributed by atoms with Gasteiger partial charge in [0.05, 0.1) is 0 Å². The molecule has 60 valence electrons. The number of hydrogen-bond donors (Lipinski definition) is 0. The van der Waals surface area contributed by atoms with Gasteiger partial charge in [-0.2, -0.15) is 0 Å². The van der Waals surface area contributed by atoms with Crippen LogP contribution in [-0.4, -0.2) is 20.2 Å². The highest BCUT2D eigenvalue weighted by molar-refractivity contribution is 6.36. The first-order valence-corrected chi connectivity index (χ1v) is 6.09. The molecule has 1 rings (SSSR count). The molecule has 11 heavy (non-hydrogen) atoms. The molecule has 0 spiro atoms. The van der Waals surface area contributed by atoms with E-state index in [2.05, 4.69) is 37.3 Å². The Hall–Kier alpha value is -0.386. The van der Waals surface area contributed by atoms with Gasteiger partial charge in [-0.1, -0.05) is 37.3 Å². The molecule has 0 saturated carbocycles. The van der Waals surface area contributed by atoms with Gasteiger partial charge in [0.2, 0.25) is 0 Å². The second-order valence-electron chi connectivity index (χ2n) is 2.77. The van der Waals surface area contributed by atoms with Crippen molar-refractivity contribution < 1.29 is 4.12 Å². The zero-order chi connectivity index (χ0) is 8.10. The molecule has 0 bridgehead atoms. The van der Waals surface area contributed by atoms with Gasteiger partial charge in [-0.15, -0.1) is 0 Å². The molecule has 0 aromatic heterocycles. The molecule has 0 heterocycles. The molecule has 1 nitrogen and oxygen atoms in total. The van der Waals surface area contributed by atoms with Crippen molar-refractivity contribution in [1.29, 1.82) is 0 Å². The second-order valence-corrected chi connectivity index (χ2v) is 6.63. The van der Waals surface area contributed by atoms with Gasteiger partial charge in [0.25, 0.3) is 0 Å². The summed E-state index contributed by atoms with van der Waals surface area (Å²) in [5, 5.41) is 0. The lowest BCUT2D eigenvalue weighted by Gasteiger charge is -2.08. The molecule has 1 aromatic carbocycles. The van der Waals surface area contributed by atoms with E-state index in [9.17, 15) is 0 Å². The van der Waals surface area contributed by atoms with Gasteiger partial charge in [0.1, 0.15) is 10.5 Å². The first-order chi connectivity index (χ1) is 5.34. The van der Waals surface area contributed by atoms with E-state index in [-0.39, 0.29) is 9.76 Å². The summed E-state index contributed by atoms with van der Waals surface area (Å²) in [4.78, 5) is 0. The summed E-state index contributed by atoms with van der Waals surface area (Å²) < 4.78 is 5.34. The smallest absolute Gasteiger partial charge is 0.152 e. The van der Waals surface area contributed by atoms with Crippen LogP contribution in [0.2, 0.25) is 0 Å². The molecule has 0 radical (unpaired) electrons. The van der Waals surface area contributed by atoms with Crippen molar-refractivity contribution in [2.75, 3.05) is 0 Å². The molecule has 0 aliphatic heterocycles. The maximum Gasteiger partial charge on any atom is 0.152 e. The molecule has 1 atom stereocenters. The van der Waals surface area contributed by atoms with E-state index in [0.29, 0.717) is 5.54 Å². The minimum absolute atomic E-state index is 0.290. The first kappa shape index (κ1) is 8.71. The summed E-state index contributed by atoms with van der Waals surface area (Å²) in [7, 11) is 0.609. The zero-order valence-corrected chi connectivity index (χ0v) is 10.5. The third-order valence-electron chi connectivity index (χ3n) is 1.79. The minimum atomic E-state index is -0.290. The fourth-order valence-electron chi connectivity index (χ4n) is 1.13. The van der Waals surface area contributed by atoms with Crippen LogP contribution >= 0.6 is 0 Å². The summed E-state index contributed by atoms with van der Waals surface area (Å²) in [5.41, 5.74) is 2.10. The maximum atomic E-state index is 5.34. The summed E-state index contributed by atoms with van der Waals surface area (Å²) in [6, 6.07) is 10.6. The van der Waals surface area contributed by atoms with Crippen LogP contribution in [-0.2, 0) is 4.12 Å². The van der Waals surface area contributed by atoms with Crippen molar-refractivity contribution in [3.8, 4) is 0 Å². The average molecular weight is 182 g/mol. The van der Waals surface area contributed by atoms with E-state index in [1.54, 1.807) is 0 Å². The first-order valence-electron chi connectivity index (χ1n) is 3.88. The highest BCUT2D eigenvalue weighted by Gasteiger charge is 2.02. The molecule has 0 aliphatic carbocycles. The predicted molar refractivity (Wildman–Crippen MR) is 54.4 cm³/mol. The monoisotopic (exact) mass is 182 g/mol. The SMILES string of the molecule is CC([SiH2]O[SiH3])c1ccccc1. The second kappa shape index (κ2) is 4.48. The lowest BCUT2D eigenvalue weighted by Crippen LogP contribution is -2.06. The van der Waals surface area contributed by atoms with Gasteiger partial charge in [-0.05, 0) is 11.1 Å². The standard InChI is InChI=1S/C8H14OSi2/c1-7(11-9-10)8-5-3-2-4-6-8/h2-7H,11H2,1,10H3. The van der Waals surface area contributed by atoms with Crippen LogP contribution in [0.15, 0.2) is 30.3 Å². The largest absolute Gasteiger partial charge is 0.468 e. The van der Waals surface area contributed by atoms with Crippen LogP contribution in [0.1, 0.15) is 18.0 Å². The number of benzene rings is 1. The van der Waals surface area contributed by atoms with Crippen molar-refractivity contribution >= 4 is 20.2 Å². The molecule has 1 aromatic rings. The Morgan fingerprint density at radius 1 is 1.36 bits per heavy atom. The summed E-state index contributed by atoms with van der Waals surface area (Å²) in [6.07, 6.45) is 0. The van der Waals surface area contributed by atoms with Gasteiger partial charge >= 0.3 is 0 Å². The van der Waals surface area contributed by atoms with Gasteiger partial charge in [0, 0.05) is 0 Å². The van der Waals surface area contributed by atoms with Gasteiger partial charge < -0.3 is 4.12 Å². The molecule has 0 aliphatic rings. The molecular weight excluding hydrogens is 168 g/mol. The van der Waals surface area contributed by atoms with E-state index < -0.39 is 0 Å². The zero-order valence-electron chi connectivity index (χ0n) is 7.08. The van der Waals surface area contributed by atoms with E-state index in [1.807, 2.05) is 0 Å². The summed E-state index contributed by atoms with van der Waals surface area (Å²) >= 11 is 0. The molecule has 3 heteroatoms. The predicted octanol–water partition coefficient (Wildman–Crippen LogP) is 0.128. The molecule has 0 N–H and O–H groups in total. The van der Waals surface area contributed by atoms with E-state index >= 15 is 0 Å². The molecule has 1 unspecified atom stereocenters. The number of hydrogen-bond acceptors (Lipinski definition) is 1. The molecular formula is C8H14OSi2. The third kappa shape index (κ3) is 2.61. The lowest BCUT2D eigenvalue weighted by atomic mass is 10.2. The Morgan fingerprint density at radius 2 is 2.00 bits per heavy atom. The number of rotatable bonds is 3. The Bertz CT molecular complexity index is 201. The van der Waals surface area contributed by atoms with Crippen molar-refractivity contribution in [1.82, 2.24) is 0 Å². The van der Waals surface area contributed by atoms with Gasteiger partial charge in [-0.3, -0.25) is 0 Å². The van der Waals surface area contributed by atoms with E-state index in [0.717, 1.165) is 10.5 Å². The van der Waals surface area contributed by atoms with E-state index in [4.69, 9.17) is 4.12 Å². The highest BCUT2D eigenvalue weighted by Crippen LogP contribution is 2.12. The maximum absolute atomic E-state index is 5.34. The average Bonchev–Trinajstić information content (AvgIpc) is 2.07. The highest BCUT2D eigenvalue weighted by atomic mass is 28.3. The molecule has 0 saturated heterocycles. The Kier molecular flexibility index (Phi) is 3.55. The van der Waals surface area contributed by atoms with Gasteiger partial charge in [-0.25, -0.2) is 0 Å². The third-order valence-corrected chi connectivity index (χ3v) is 4.09. The van der Waals surface area contributed by atoms with Crippen molar-refractivity contribution in [2.24, 2.45) is 0 Å². The van der Waals surface area contributed by atoms with Crippen LogP contribution < -0.4 is 0 Å².